The molecule has 0 spiro atoms. The van der Waals surface area contributed by atoms with Crippen molar-refractivity contribution >= 4 is 11.9 Å². The van der Waals surface area contributed by atoms with Crippen LogP contribution in [0.15, 0.2) is 12.2 Å². The Kier molecular flexibility index (Phi) is 14.8. The molecule has 0 atom stereocenters. The molecule has 92 valence electrons. The number of amides is 1. The van der Waals surface area contributed by atoms with Gasteiger partial charge in [-0.3, -0.25) is 4.79 Å². The molecule has 0 aromatic heterocycles. The standard InChI is InChI=1S/C12H21NO3.K/c1-3-4-5-6-7-8-11(14)13(2)10-9-12(15)16;/h3-4H,5-10H2,1-2H3,(H,15,16);/q;+1/p-1/b4-3+;. The van der Waals surface area contributed by atoms with Crippen molar-refractivity contribution in [2.24, 2.45) is 0 Å². The molecule has 0 saturated carbocycles. The maximum atomic E-state index is 11.5. The molecule has 4 nitrogen and oxygen atoms in total. The Bertz CT molecular complexity index is 254. The van der Waals surface area contributed by atoms with E-state index in [1.165, 1.54) is 4.90 Å². The molecule has 0 aliphatic carbocycles. The van der Waals surface area contributed by atoms with Gasteiger partial charge in [0.2, 0.25) is 5.91 Å². The second-order valence-corrected chi connectivity index (χ2v) is 3.75. The van der Waals surface area contributed by atoms with E-state index in [9.17, 15) is 14.7 Å². The van der Waals surface area contributed by atoms with Gasteiger partial charge in [0.15, 0.2) is 0 Å². The average Bonchev–Trinajstić information content (AvgIpc) is 2.25. The van der Waals surface area contributed by atoms with Crippen LogP contribution in [0, 0.1) is 0 Å². The van der Waals surface area contributed by atoms with Crippen molar-refractivity contribution in [3.8, 4) is 0 Å². The van der Waals surface area contributed by atoms with Gasteiger partial charge in [0.05, 0.1) is 0 Å². The molecule has 5 heteroatoms. The van der Waals surface area contributed by atoms with E-state index >= 15 is 0 Å². The van der Waals surface area contributed by atoms with Crippen LogP contribution in [0.25, 0.3) is 0 Å². The fourth-order valence-electron chi connectivity index (χ4n) is 1.28. The van der Waals surface area contributed by atoms with Crippen LogP contribution in [0.5, 0.6) is 0 Å². The van der Waals surface area contributed by atoms with Crippen LogP contribution in [0.2, 0.25) is 0 Å². The van der Waals surface area contributed by atoms with Crippen molar-refractivity contribution in [3.63, 3.8) is 0 Å². The van der Waals surface area contributed by atoms with Gasteiger partial charge in [-0.2, -0.15) is 0 Å². The molecule has 0 N–H and O–H groups in total. The Morgan fingerprint density at radius 2 is 1.88 bits per heavy atom. The first-order chi connectivity index (χ1) is 7.57. The number of rotatable bonds is 8. The van der Waals surface area contributed by atoms with Gasteiger partial charge in [-0.05, 0) is 26.2 Å². The summed E-state index contributed by atoms with van der Waals surface area (Å²) in [5, 5.41) is 10.2. The van der Waals surface area contributed by atoms with Crippen molar-refractivity contribution in [2.75, 3.05) is 13.6 Å². The third-order valence-corrected chi connectivity index (χ3v) is 2.32. The Hall–Kier alpha value is 0.316. The molecule has 0 rings (SSSR count). The molecule has 0 unspecified atom stereocenters. The van der Waals surface area contributed by atoms with Gasteiger partial charge >= 0.3 is 51.4 Å². The number of unbranched alkanes of at least 4 members (excludes halogenated alkanes) is 2. The first-order valence-corrected chi connectivity index (χ1v) is 5.63. The maximum Gasteiger partial charge on any atom is 1.00 e. The van der Waals surface area contributed by atoms with Crippen molar-refractivity contribution in [1.82, 2.24) is 4.90 Å². The average molecular weight is 265 g/mol. The van der Waals surface area contributed by atoms with Crippen LogP contribution < -0.4 is 56.5 Å². The first kappa shape index (κ1) is 19.7. The molecular formula is C12H20KNO3. The summed E-state index contributed by atoms with van der Waals surface area (Å²) in [6.07, 6.45) is 7.29. The maximum absolute atomic E-state index is 11.5. The van der Waals surface area contributed by atoms with Crippen molar-refractivity contribution in [2.45, 2.75) is 39.0 Å². The number of hydrogen-bond acceptors (Lipinski definition) is 3. The van der Waals surface area contributed by atoms with E-state index in [0.29, 0.717) is 6.42 Å². The quantitative estimate of drug-likeness (QED) is 0.282. The monoisotopic (exact) mass is 265 g/mol. The number of carbonyl (C=O) groups excluding carboxylic acids is 2. The molecule has 0 aromatic rings. The minimum atomic E-state index is -1.12. The smallest absolute Gasteiger partial charge is 0.550 e. The minimum absolute atomic E-state index is 0. The summed E-state index contributed by atoms with van der Waals surface area (Å²) in [7, 11) is 1.62. The summed E-state index contributed by atoms with van der Waals surface area (Å²) in [4.78, 5) is 23.1. The van der Waals surface area contributed by atoms with E-state index in [2.05, 4.69) is 6.08 Å². The van der Waals surface area contributed by atoms with Gasteiger partial charge in [0.1, 0.15) is 0 Å². The fourth-order valence-corrected chi connectivity index (χ4v) is 1.28. The number of carboxylic acid groups (broad SMARTS) is 1. The molecule has 0 heterocycles. The topological polar surface area (TPSA) is 60.4 Å². The third-order valence-electron chi connectivity index (χ3n) is 2.32. The van der Waals surface area contributed by atoms with Gasteiger partial charge in [0, 0.05) is 32.4 Å². The van der Waals surface area contributed by atoms with Gasteiger partial charge in [-0.15, -0.1) is 0 Å². The van der Waals surface area contributed by atoms with Crippen LogP contribution in [0.3, 0.4) is 0 Å². The van der Waals surface area contributed by atoms with E-state index in [-0.39, 0.29) is 70.3 Å². The number of aliphatic carboxylic acids is 1. The summed E-state index contributed by atoms with van der Waals surface area (Å²) >= 11 is 0. The van der Waals surface area contributed by atoms with Crippen LogP contribution in [-0.2, 0) is 9.59 Å². The predicted molar refractivity (Wildman–Crippen MR) is 60.5 cm³/mol. The molecule has 0 bridgehead atoms. The van der Waals surface area contributed by atoms with Crippen molar-refractivity contribution in [3.05, 3.63) is 12.2 Å². The Morgan fingerprint density at radius 3 is 2.41 bits per heavy atom. The van der Waals surface area contributed by atoms with Crippen LogP contribution >= 0.6 is 0 Å². The number of carboxylic acids is 1. The molecule has 0 aliphatic rings. The molecule has 0 aliphatic heterocycles. The van der Waals surface area contributed by atoms with Crippen LogP contribution in [0.4, 0.5) is 0 Å². The first-order valence-electron chi connectivity index (χ1n) is 5.63. The summed E-state index contributed by atoms with van der Waals surface area (Å²) in [6.45, 7) is 2.20. The van der Waals surface area contributed by atoms with E-state index in [1.807, 2.05) is 13.0 Å². The SMILES string of the molecule is C/C=C/CCCCC(=O)N(C)CCC(=O)[O-].[K+]. The molecule has 1 amide bonds. The Balaban J connectivity index is 0. The summed E-state index contributed by atoms with van der Waals surface area (Å²) in [5.74, 6) is -1.12. The Labute approximate surface area is 146 Å². The number of carbonyl (C=O) groups is 2. The second kappa shape index (κ2) is 12.8. The van der Waals surface area contributed by atoms with Gasteiger partial charge < -0.3 is 14.8 Å². The van der Waals surface area contributed by atoms with E-state index < -0.39 is 5.97 Å². The Morgan fingerprint density at radius 1 is 1.24 bits per heavy atom. The van der Waals surface area contributed by atoms with E-state index in [1.54, 1.807) is 7.05 Å². The van der Waals surface area contributed by atoms with Gasteiger partial charge in [-0.1, -0.05) is 12.2 Å². The summed E-state index contributed by atoms with van der Waals surface area (Å²) < 4.78 is 0. The van der Waals surface area contributed by atoms with E-state index in [0.717, 1.165) is 19.3 Å². The fraction of sp³-hybridized carbons (Fsp3) is 0.667. The van der Waals surface area contributed by atoms with Crippen LogP contribution in [0.1, 0.15) is 39.0 Å². The molecule has 0 radical (unpaired) electrons. The van der Waals surface area contributed by atoms with Crippen molar-refractivity contribution < 1.29 is 66.1 Å². The van der Waals surface area contributed by atoms with E-state index in [4.69, 9.17) is 0 Å². The summed E-state index contributed by atoms with van der Waals surface area (Å²) in [5.41, 5.74) is 0. The number of allylic oxidation sites excluding steroid dienone is 2. The van der Waals surface area contributed by atoms with Crippen LogP contribution in [-0.4, -0.2) is 30.4 Å². The molecule has 0 saturated heterocycles. The molecule has 0 aromatic carbocycles. The molecule has 17 heavy (non-hydrogen) atoms. The second-order valence-electron chi connectivity index (χ2n) is 3.75. The van der Waals surface area contributed by atoms with Gasteiger partial charge in [0.25, 0.3) is 0 Å². The number of hydrogen-bond donors (Lipinski definition) is 0. The zero-order valence-corrected chi connectivity index (χ0v) is 14.2. The van der Waals surface area contributed by atoms with Gasteiger partial charge in [-0.25, -0.2) is 0 Å². The largest absolute Gasteiger partial charge is 1.00 e. The minimum Gasteiger partial charge on any atom is -0.550 e. The molecular weight excluding hydrogens is 245 g/mol. The van der Waals surface area contributed by atoms with Crippen molar-refractivity contribution in [1.29, 1.82) is 0 Å². The summed E-state index contributed by atoms with van der Waals surface area (Å²) in [6, 6.07) is 0. The zero-order valence-electron chi connectivity index (χ0n) is 11.1. The normalized spacial score (nSPS) is 10.0. The number of nitrogens with zero attached hydrogens (tertiary/aromatic N) is 1. The third kappa shape index (κ3) is 12.6. The molecule has 0 fully saturated rings. The predicted octanol–water partition coefficient (Wildman–Crippen LogP) is -2.27. The zero-order chi connectivity index (χ0) is 12.4.